The molecule has 0 aromatic heterocycles. The summed E-state index contributed by atoms with van der Waals surface area (Å²) in [5.74, 6) is 1.05. The van der Waals surface area contributed by atoms with Crippen molar-refractivity contribution in [2.45, 2.75) is 19.8 Å². The first kappa shape index (κ1) is 11.4. The van der Waals surface area contributed by atoms with E-state index in [4.69, 9.17) is 4.74 Å². The van der Waals surface area contributed by atoms with E-state index in [1.165, 1.54) is 6.07 Å². The summed E-state index contributed by atoms with van der Waals surface area (Å²) in [5, 5.41) is 3.31. The first-order valence-corrected chi connectivity index (χ1v) is 5.85. The summed E-state index contributed by atoms with van der Waals surface area (Å²) in [4.78, 5) is 0. The average molecular weight is 223 g/mol. The Morgan fingerprint density at radius 3 is 2.81 bits per heavy atom. The average Bonchev–Trinajstić information content (AvgIpc) is 2.32. The summed E-state index contributed by atoms with van der Waals surface area (Å²) in [6.07, 6.45) is 2.29. The number of benzene rings is 1. The van der Waals surface area contributed by atoms with E-state index >= 15 is 0 Å². The predicted molar refractivity (Wildman–Crippen MR) is 62.2 cm³/mol. The molecule has 0 bridgehead atoms. The van der Waals surface area contributed by atoms with Gasteiger partial charge >= 0.3 is 0 Å². The van der Waals surface area contributed by atoms with Crippen LogP contribution in [0.3, 0.4) is 0 Å². The zero-order valence-corrected chi connectivity index (χ0v) is 9.63. The first-order chi connectivity index (χ1) is 7.75. The van der Waals surface area contributed by atoms with Crippen LogP contribution in [0.15, 0.2) is 18.2 Å². The van der Waals surface area contributed by atoms with Gasteiger partial charge in [0.2, 0.25) is 0 Å². The van der Waals surface area contributed by atoms with E-state index in [-0.39, 0.29) is 5.82 Å². The number of hydrogen-bond donors (Lipinski definition) is 1. The fourth-order valence-electron chi connectivity index (χ4n) is 1.93. The molecule has 3 heteroatoms. The van der Waals surface area contributed by atoms with Crippen LogP contribution in [0.25, 0.3) is 0 Å². The largest absolute Gasteiger partial charge is 0.493 e. The van der Waals surface area contributed by atoms with Crippen LogP contribution < -0.4 is 10.1 Å². The van der Waals surface area contributed by atoms with Crippen molar-refractivity contribution in [3.05, 3.63) is 29.6 Å². The maximum absolute atomic E-state index is 13.3. The zero-order valence-electron chi connectivity index (χ0n) is 9.63. The highest BCUT2D eigenvalue weighted by atomic mass is 19.1. The lowest BCUT2D eigenvalue weighted by Crippen LogP contribution is -2.30. The summed E-state index contributed by atoms with van der Waals surface area (Å²) in [6, 6.07) is 5.06. The lowest BCUT2D eigenvalue weighted by Gasteiger charge is -2.22. The lowest BCUT2D eigenvalue weighted by molar-refractivity contribution is 0.214. The number of piperidine rings is 1. The Morgan fingerprint density at radius 1 is 1.38 bits per heavy atom. The van der Waals surface area contributed by atoms with E-state index in [9.17, 15) is 4.39 Å². The zero-order chi connectivity index (χ0) is 11.4. The Morgan fingerprint density at radius 2 is 2.12 bits per heavy atom. The molecule has 1 aliphatic rings. The Balaban J connectivity index is 1.86. The quantitative estimate of drug-likeness (QED) is 0.850. The molecule has 1 heterocycles. The summed E-state index contributed by atoms with van der Waals surface area (Å²) in [6.45, 7) is 4.59. The third-order valence-corrected chi connectivity index (χ3v) is 3.09. The fourth-order valence-corrected chi connectivity index (χ4v) is 1.93. The maximum atomic E-state index is 13.3. The molecule has 0 aliphatic carbocycles. The van der Waals surface area contributed by atoms with E-state index < -0.39 is 0 Å². The van der Waals surface area contributed by atoms with Crippen LogP contribution in [0.1, 0.15) is 18.4 Å². The van der Waals surface area contributed by atoms with Gasteiger partial charge in [-0.25, -0.2) is 4.39 Å². The summed E-state index contributed by atoms with van der Waals surface area (Å²) in [7, 11) is 0. The number of halogens is 1. The van der Waals surface area contributed by atoms with Crippen molar-refractivity contribution in [1.82, 2.24) is 5.32 Å². The van der Waals surface area contributed by atoms with Crippen molar-refractivity contribution in [3.63, 3.8) is 0 Å². The van der Waals surface area contributed by atoms with Gasteiger partial charge in [-0.05, 0) is 50.4 Å². The number of nitrogens with one attached hydrogen (secondary N) is 1. The van der Waals surface area contributed by atoms with Gasteiger partial charge in [-0.2, -0.15) is 0 Å². The minimum atomic E-state index is -0.192. The van der Waals surface area contributed by atoms with Crippen LogP contribution in [-0.4, -0.2) is 19.7 Å². The van der Waals surface area contributed by atoms with Gasteiger partial charge < -0.3 is 10.1 Å². The van der Waals surface area contributed by atoms with Crippen LogP contribution in [0.4, 0.5) is 4.39 Å². The second-order valence-corrected chi connectivity index (χ2v) is 4.42. The van der Waals surface area contributed by atoms with E-state index in [2.05, 4.69) is 5.32 Å². The molecule has 0 amide bonds. The van der Waals surface area contributed by atoms with Crippen molar-refractivity contribution in [2.75, 3.05) is 19.7 Å². The molecule has 1 aromatic carbocycles. The van der Waals surface area contributed by atoms with Gasteiger partial charge in [-0.15, -0.1) is 0 Å². The topological polar surface area (TPSA) is 21.3 Å². The van der Waals surface area contributed by atoms with Crippen molar-refractivity contribution in [1.29, 1.82) is 0 Å². The fraction of sp³-hybridized carbons (Fsp3) is 0.538. The Kier molecular flexibility index (Phi) is 3.78. The molecule has 0 saturated carbocycles. The highest BCUT2D eigenvalue weighted by Crippen LogP contribution is 2.18. The summed E-state index contributed by atoms with van der Waals surface area (Å²) in [5.41, 5.74) is 0.661. The Hall–Kier alpha value is -1.09. The van der Waals surface area contributed by atoms with Gasteiger partial charge in [0.25, 0.3) is 0 Å². The van der Waals surface area contributed by atoms with Gasteiger partial charge in [0, 0.05) is 6.07 Å². The molecule has 2 rings (SSSR count). The van der Waals surface area contributed by atoms with Gasteiger partial charge in [-0.1, -0.05) is 6.07 Å². The Labute approximate surface area is 95.8 Å². The van der Waals surface area contributed by atoms with Crippen molar-refractivity contribution in [3.8, 4) is 5.75 Å². The van der Waals surface area contributed by atoms with E-state index in [1.807, 2.05) is 6.07 Å². The molecule has 0 radical (unpaired) electrons. The van der Waals surface area contributed by atoms with Crippen LogP contribution in [0, 0.1) is 18.7 Å². The summed E-state index contributed by atoms with van der Waals surface area (Å²) < 4.78 is 18.9. The normalized spacial score (nSPS) is 17.4. The molecule has 2 nitrogen and oxygen atoms in total. The Bertz CT molecular complexity index is 348. The van der Waals surface area contributed by atoms with Crippen LogP contribution in [0.2, 0.25) is 0 Å². The van der Waals surface area contributed by atoms with Gasteiger partial charge in [0.05, 0.1) is 6.61 Å². The van der Waals surface area contributed by atoms with E-state index in [1.54, 1.807) is 13.0 Å². The summed E-state index contributed by atoms with van der Waals surface area (Å²) >= 11 is 0. The molecule has 0 atom stereocenters. The van der Waals surface area contributed by atoms with E-state index in [0.29, 0.717) is 23.8 Å². The third-order valence-electron chi connectivity index (χ3n) is 3.09. The minimum Gasteiger partial charge on any atom is -0.493 e. The predicted octanol–water partition coefficient (Wildman–Crippen LogP) is 2.51. The monoisotopic (exact) mass is 223 g/mol. The van der Waals surface area contributed by atoms with Gasteiger partial charge in [-0.3, -0.25) is 0 Å². The highest BCUT2D eigenvalue weighted by molar-refractivity contribution is 5.27. The molecule has 0 unspecified atom stereocenters. The molecule has 1 fully saturated rings. The second kappa shape index (κ2) is 5.30. The number of aryl methyl sites for hydroxylation is 1. The number of ether oxygens (including phenoxy) is 1. The lowest BCUT2D eigenvalue weighted by atomic mass is 9.99. The van der Waals surface area contributed by atoms with Crippen molar-refractivity contribution in [2.24, 2.45) is 5.92 Å². The first-order valence-electron chi connectivity index (χ1n) is 5.85. The molecule has 88 valence electrons. The highest BCUT2D eigenvalue weighted by Gasteiger charge is 2.13. The van der Waals surface area contributed by atoms with Gasteiger partial charge in [0.15, 0.2) is 0 Å². The molecular formula is C13H18FNO. The molecule has 1 aliphatic heterocycles. The van der Waals surface area contributed by atoms with Crippen LogP contribution in [-0.2, 0) is 0 Å². The van der Waals surface area contributed by atoms with Crippen molar-refractivity contribution < 1.29 is 9.13 Å². The SMILES string of the molecule is Cc1ccc(OCC2CCNCC2)cc1F. The van der Waals surface area contributed by atoms with E-state index in [0.717, 1.165) is 25.9 Å². The minimum absolute atomic E-state index is 0.192. The maximum Gasteiger partial charge on any atom is 0.129 e. The van der Waals surface area contributed by atoms with Gasteiger partial charge in [0.1, 0.15) is 11.6 Å². The molecule has 1 N–H and O–H groups in total. The molecule has 0 spiro atoms. The number of rotatable bonds is 3. The van der Waals surface area contributed by atoms with Crippen LogP contribution >= 0.6 is 0 Å². The van der Waals surface area contributed by atoms with Crippen molar-refractivity contribution >= 4 is 0 Å². The second-order valence-electron chi connectivity index (χ2n) is 4.42. The molecule has 1 aromatic rings. The molecular weight excluding hydrogens is 205 g/mol. The molecule has 16 heavy (non-hydrogen) atoms. The molecule has 1 saturated heterocycles. The standard InChI is InChI=1S/C13H18FNO/c1-10-2-3-12(8-13(10)14)16-9-11-4-6-15-7-5-11/h2-3,8,11,15H,4-7,9H2,1H3. The number of hydrogen-bond acceptors (Lipinski definition) is 2. The van der Waals surface area contributed by atoms with Crippen LogP contribution in [0.5, 0.6) is 5.75 Å². The third kappa shape index (κ3) is 2.95. The smallest absolute Gasteiger partial charge is 0.129 e.